The van der Waals surface area contributed by atoms with E-state index in [4.69, 9.17) is 11.6 Å². The van der Waals surface area contributed by atoms with Crippen LogP contribution >= 0.6 is 11.6 Å². The molecule has 1 N–H and O–H groups in total. The van der Waals surface area contributed by atoms with E-state index in [9.17, 15) is 9.90 Å². The van der Waals surface area contributed by atoms with Gasteiger partial charge in [-0.05, 0) is 23.6 Å². The number of hydrogen-bond donors (Lipinski definition) is 1. The van der Waals surface area contributed by atoms with Crippen molar-refractivity contribution in [1.29, 1.82) is 0 Å². The molecule has 2 aromatic rings. The number of aliphatic hydroxyl groups is 1. The van der Waals surface area contributed by atoms with Crippen molar-refractivity contribution in [2.45, 2.75) is 31.4 Å². The fraction of sp³-hybridized carbons (Fsp3) is 0.433. The molecule has 2 aliphatic heterocycles. The Bertz CT molecular complexity index is 1060. The predicted molar refractivity (Wildman–Crippen MR) is 145 cm³/mol. The van der Waals surface area contributed by atoms with Crippen LogP contribution in [-0.4, -0.2) is 83.7 Å². The van der Waals surface area contributed by atoms with Crippen LogP contribution in [0.15, 0.2) is 83.9 Å². The number of halogens is 1. The number of rotatable bonds is 6. The van der Waals surface area contributed by atoms with E-state index in [1.165, 1.54) is 0 Å². The average molecular weight is 506 g/mol. The number of nitrogens with zero attached hydrogens (tertiary/aromatic N) is 3. The van der Waals surface area contributed by atoms with E-state index in [0.29, 0.717) is 13.1 Å². The molecule has 2 saturated heterocycles. The Kier molecular flexibility index (Phi) is 7.63. The summed E-state index contributed by atoms with van der Waals surface area (Å²) in [7, 11) is 0. The van der Waals surface area contributed by atoms with Crippen LogP contribution in [0.5, 0.6) is 0 Å². The molecule has 0 saturated carbocycles. The Morgan fingerprint density at radius 2 is 1.61 bits per heavy atom. The second kappa shape index (κ2) is 10.9. The molecular formula is C30H36ClN3O2. The molecule has 6 heteroatoms. The zero-order valence-corrected chi connectivity index (χ0v) is 21.7. The van der Waals surface area contributed by atoms with Gasteiger partial charge in [0.1, 0.15) is 0 Å². The second-order valence-corrected chi connectivity index (χ2v) is 11.2. The average Bonchev–Trinajstić information content (AvgIpc) is 3.29. The summed E-state index contributed by atoms with van der Waals surface area (Å²) >= 11 is 6.12. The van der Waals surface area contributed by atoms with Crippen LogP contribution in [0.1, 0.15) is 30.4 Å². The van der Waals surface area contributed by atoms with E-state index in [2.05, 4.69) is 28.9 Å². The van der Waals surface area contributed by atoms with Crippen molar-refractivity contribution in [3.8, 4) is 0 Å². The van der Waals surface area contributed by atoms with E-state index in [1.54, 1.807) is 0 Å². The lowest BCUT2D eigenvalue weighted by Crippen LogP contribution is -2.55. The molecule has 3 unspecified atom stereocenters. The van der Waals surface area contributed by atoms with Crippen molar-refractivity contribution >= 4 is 17.5 Å². The highest BCUT2D eigenvalue weighted by atomic mass is 35.5. The standard InChI is InChI=1S/C30H36ClN3O2/c1-30(14-12-25(31)13-15-30)22-32-16-18-33(19-17-32)26-20-34(21-27(26)35)29(36)28(23-8-4-2-5-9-23)24-10-6-3-7-11-24/h2-14,26-28,35H,15-22H2,1H3. The zero-order valence-electron chi connectivity index (χ0n) is 21.0. The molecular weight excluding hydrogens is 470 g/mol. The van der Waals surface area contributed by atoms with Gasteiger partial charge in [0.05, 0.1) is 18.1 Å². The van der Waals surface area contributed by atoms with Crippen LogP contribution in [0.4, 0.5) is 0 Å². The number of hydrogen-bond acceptors (Lipinski definition) is 4. The second-order valence-electron chi connectivity index (χ2n) is 10.7. The van der Waals surface area contributed by atoms with Crippen LogP contribution in [-0.2, 0) is 4.79 Å². The number of aliphatic hydroxyl groups excluding tert-OH is 1. The van der Waals surface area contributed by atoms with Gasteiger partial charge in [0, 0.05) is 56.3 Å². The maximum absolute atomic E-state index is 13.8. The first-order valence-electron chi connectivity index (χ1n) is 13.0. The monoisotopic (exact) mass is 505 g/mol. The van der Waals surface area contributed by atoms with Crippen molar-refractivity contribution in [3.63, 3.8) is 0 Å². The van der Waals surface area contributed by atoms with Crippen LogP contribution in [0.3, 0.4) is 0 Å². The summed E-state index contributed by atoms with van der Waals surface area (Å²) in [5.41, 5.74) is 2.09. The maximum atomic E-state index is 13.8. The molecule has 1 amide bonds. The molecule has 2 fully saturated rings. The molecule has 0 bridgehead atoms. The molecule has 3 atom stereocenters. The number of piperazine rings is 1. The third kappa shape index (κ3) is 5.60. The Morgan fingerprint density at radius 1 is 1.00 bits per heavy atom. The smallest absolute Gasteiger partial charge is 0.234 e. The topological polar surface area (TPSA) is 47.0 Å². The fourth-order valence-corrected chi connectivity index (χ4v) is 6.03. The lowest BCUT2D eigenvalue weighted by atomic mass is 9.83. The Labute approximate surface area is 219 Å². The van der Waals surface area contributed by atoms with E-state index in [0.717, 1.165) is 55.3 Å². The lowest BCUT2D eigenvalue weighted by Gasteiger charge is -2.42. The molecule has 36 heavy (non-hydrogen) atoms. The third-order valence-electron chi connectivity index (χ3n) is 7.95. The minimum atomic E-state index is -0.529. The first-order valence-corrected chi connectivity index (χ1v) is 13.4. The van der Waals surface area contributed by atoms with Crippen molar-refractivity contribution in [2.75, 3.05) is 45.8 Å². The van der Waals surface area contributed by atoms with E-state index in [-0.39, 0.29) is 23.3 Å². The van der Waals surface area contributed by atoms with Gasteiger partial charge >= 0.3 is 0 Å². The number of benzene rings is 2. The van der Waals surface area contributed by atoms with Crippen molar-refractivity contribution in [1.82, 2.24) is 14.7 Å². The first kappa shape index (κ1) is 25.2. The molecule has 2 aromatic carbocycles. The number of β-amino-alcohol motifs (C(OH)–C–C–N with tert-alkyl or cyclic N) is 1. The summed E-state index contributed by atoms with van der Waals surface area (Å²) in [6, 6.07) is 19.9. The number of allylic oxidation sites excluding steroid dienone is 3. The molecule has 3 aliphatic rings. The largest absolute Gasteiger partial charge is 0.390 e. The Hall–Kier alpha value is -2.44. The van der Waals surface area contributed by atoms with Gasteiger partial charge in [-0.25, -0.2) is 0 Å². The zero-order chi connectivity index (χ0) is 25.1. The molecule has 5 nitrogen and oxygen atoms in total. The summed E-state index contributed by atoms with van der Waals surface area (Å²) in [5, 5.41) is 11.8. The highest BCUT2D eigenvalue weighted by Crippen LogP contribution is 2.33. The first-order chi connectivity index (χ1) is 17.4. The number of carbonyl (C=O) groups is 1. The molecule has 0 aromatic heterocycles. The molecule has 190 valence electrons. The number of likely N-dealkylation sites (tertiary alicyclic amines) is 1. The molecule has 5 rings (SSSR count). The van der Waals surface area contributed by atoms with Crippen LogP contribution in [0, 0.1) is 5.41 Å². The van der Waals surface area contributed by atoms with E-state index >= 15 is 0 Å². The van der Waals surface area contributed by atoms with Crippen LogP contribution in [0.25, 0.3) is 0 Å². The molecule has 2 heterocycles. The molecule has 0 spiro atoms. The quantitative estimate of drug-likeness (QED) is 0.642. The Balaban J connectivity index is 1.22. The van der Waals surface area contributed by atoms with Gasteiger partial charge < -0.3 is 10.0 Å². The Morgan fingerprint density at radius 3 is 2.17 bits per heavy atom. The van der Waals surface area contributed by atoms with E-state index in [1.807, 2.05) is 71.6 Å². The van der Waals surface area contributed by atoms with Gasteiger partial charge in [0.2, 0.25) is 5.91 Å². The lowest BCUT2D eigenvalue weighted by molar-refractivity contribution is -0.131. The normalized spacial score (nSPS) is 27.4. The number of carbonyl (C=O) groups excluding carboxylic acids is 1. The van der Waals surface area contributed by atoms with Gasteiger partial charge in [0.15, 0.2) is 0 Å². The van der Waals surface area contributed by atoms with E-state index < -0.39 is 6.10 Å². The minimum Gasteiger partial charge on any atom is -0.390 e. The minimum absolute atomic E-state index is 0.0183. The maximum Gasteiger partial charge on any atom is 0.234 e. The molecule has 1 aliphatic carbocycles. The predicted octanol–water partition coefficient (Wildman–Crippen LogP) is 4.10. The van der Waals surface area contributed by atoms with Gasteiger partial charge in [0.25, 0.3) is 0 Å². The summed E-state index contributed by atoms with van der Waals surface area (Å²) < 4.78 is 0. The molecule has 0 radical (unpaired) electrons. The van der Waals surface area contributed by atoms with Gasteiger partial charge in [-0.3, -0.25) is 14.6 Å². The summed E-state index contributed by atoms with van der Waals surface area (Å²) in [5.74, 6) is -0.293. The summed E-state index contributed by atoms with van der Waals surface area (Å²) in [6.07, 6.45) is 6.79. The summed E-state index contributed by atoms with van der Waals surface area (Å²) in [4.78, 5) is 20.6. The third-order valence-corrected chi connectivity index (χ3v) is 8.23. The van der Waals surface area contributed by atoms with Crippen LogP contribution < -0.4 is 0 Å². The van der Waals surface area contributed by atoms with Gasteiger partial charge in [-0.15, -0.1) is 0 Å². The summed E-state index contributed by atoms with van der Waals surface area (Å²) in [6.45, 7) is 7.99. The van der Waals surface area contributed by atoms with Crippen molar-refractivity contribution in [3.05, 3.63) is 95.1 Å². The number of amides is 1. The van der Waals surface area contributed by atoms with Crippen molar-refractivity contribution in [2.24, 2.45) is 5.41 Å². The van der Waals surface area contributed by atoms with Crippen LogP contribution in [0.2, 0.25) is 0 Å². The van der Waals surface area contributed by atoms with Gasteiger partial charge in [-0.2, -0.15) is 0 Å². The highest BCUT2D eigenvalue weighted by Gasteiger charge is 2.41. The van der Waals surface area contributed by atoms with Gasteiger partial charge in [-0.1, -0.05) is 91.3 Å². The highest BCUT2D eigenvalue weighted by molar-refractivity contribution is 6.31. The SMILES string of the molecule is CC1(CN2CCN(C3CN(C(=O)C(c4ccccc4)c4ccccc4)CC3O)CC2)C=CC(Cl)=CC1. The fourth-order valence-electron chi connectivity index (χ4n) is 5.89. The van der Waals surface area contributed by atoms with Crippen molar-refractivity contribution < 1.29 is 9.90 Å².